The monoisotopic (exact) mass is 308 g/mol. The largest absolute Gasteiger partial charge is 0.416 e. The molecule has 0 amide bonds. The number of alkyl halides is 4. The van der Waals surface area contributed by atoms with E-state index in [-0.39, 0.29) is 0 Å². The number of rotatable bonds is 1. The molecule has 1 aliphatic rings. The Kier molecular flexibility index (Phi) is 3.61. The molecule has 2 nitrogen and oxygen atoms in total. The van der Waals surface area contributed by atoms with Gasteiger partial charge in [0.15, 0.2) is 0 Å². The van der Waals surface area contributed by atoms with Crippen molar-refractivity contribution in [1.29, 1.82) is 0 Å². The second kappa shape index (κ2) is 4.84. The summed E-state index contributed by atoms with van der Waals surface area (Å²) >= 11 is 3.51. The minimum Gasteiger partial charge on any atom is -0.357 e. The summed E-state index contributed by atoms with van der Waals surface area (Å²) in [4.78, 5) is 6.37. The van der Waals surface area contributed by atoms with Crippen LogP contribution < -0.4 is 4.90 Å². The molecular weight excluding hydrogens is 297 g/mol. The van der Waals surface area contributed by atoms with Gasteiger partial charge in [0.2, 0.25) is 0 Å². The van der Waals surface area contributed by atoms with Crippen molar-refractivity contribution in [3.63, 3.8) is 0 Å². The van der Waals surface area contributed by atoms with E-state index in [1.165, 1.54) is 6.20 Å². The normalized spacial score (nSPS) is 18.5. The highest BCUT2D eigenvalue weighted by atomic mass is 79.9. The Bertz CT molecular complexity index is 387. The van der Waals surface area contributed by atoms with Gasteiger partial charge in [-0.25, -0.2) is 4.98 Å². The van der Waals surface area contributed by atoms with Crippen LogP contribution in [0.1, 0.15) is 18.4 Å². The van der Waals surface area contributed by atoms with E-state index in [1.807, 2.05) is 4.90 Å². The van der Waals surface area contributed by atoms with Gasteiger partial charge in [-0.2, -0.15) is 13.2 Å². The zero-order valence-corrected chi connectivity index (χ0v) is 10.6. The molecule has 17 heavy (non-hydrogen) atoms. The highest BCUT2D eigenvalue weighted by molar-refractivity contribution is 9.09. The van der Waals surface area contributed by atoms with Crippen LogP contribution in [0.25, 0.3) is 0 Å². The molecule has 1 saturated heterocycles. The Hall–Kier alpha value is -0.780. The van der Waals surface area contributed by atoms with E-state index >= 15 is 0 Å². The molecule has 2 rings (SSSR count). The second-order valence-corrected chi connectivity index (χ2v) is 5.36. The van der Waals surface area contributed by atoms with Crippen LogP contribution in [0.4, 0.5) is 19.0 Å². The van der Waals surface area contributed by atoms with E-state index in [1.54, 1.807) is 0 Å². The van der Waals surface area contributed by atoms with Gasteiger partial charge in [0.05, 0.1) is 5.56 Å². The summed E-state index contributed by atoms with van der Waals surface area (Å²) in [6.07, 6.45) is -1.22. The average molecular weight is 309 g/mol. The molecule has 0 spiro atoms. The van der Waals surface area contributed by atoms with Gasteiger partial charge in [-0.05, 0) is 25.0 Å². The number of anilines is 1. The Morgan fingerprint density at radius 2 is 1.94 bits per heavy atom. The molecule has 0 aromatic carbocycles. The minimum atomic E-state index is -4.30. The van der Waals surface area contributed by atoms with Crippen molar-refractivity contribution in [2.45, 2.75) is 23.8 Å². The number of aromatic nitrogens is 1. The van der Waals surface area contributed by atoms with Crippen LogP contribution in [0.15, 0.2) is 18.3 Å². The number of piperidine rings is 1. The van der Waals surface area contributed by atoms with Gasteiger partial charge in [-0.15, -0.1) is 0 Å². The number of hydrogen-bond donors (Lipinski definition) is 0. The van der Waals surface area contributed by atoms with E-state index in [4.69, 9.17) is 0 Å². The molecule has 1 aliphatic heterocycles. The SMILES string of the molecule is FC(F)(F)c1ccnc(N2CCC(Br)CC2)c1. The summed E-state index contributed by atoms with van der Waals surface area (Å²) in [5.74, 6) is 0.416. The summed E-state index contributed by atoms with van der Waals surface area (Å²) in [5.41, 5.74) is -0.636. The smallest absolute Gasteiger partial charge is 0.357 e. The van der Waals surface area contributed by atoms with Gasteiger partial charge in [0.1, 0.15) is 5.82 Å². The van der Waals surface area contributed by atoms with E-state index in [0.29, 0.717) is 10.6 Å². The van der Waals surface area contributed by atoms with E-state index in [9.17, 15) is 13.2 Å². The first kappa shape index (κ1) is 12.7. The van der Waals surface area contributed by atoms with Crippen LogP contribution in [0, 0.1) is 0 Å². The molecular formula is C11H12BrF3N2. The molecule has 2 heterocycles. The molecule has 0 atom stereocenters. The van der Waals surface area contributed by atoms with Crippen LogP contribution in [-0.4, -0.2) is 22.9 Å². The second-order valence-electron chi connectivity index (χ2n) is 4.06. The minimum absolute atomic E-state index is 0.416. The number of halogens is 4. The predicted molar refractivity (Wildman–Crippen MR) is 63.4 cm³/mol. The lowest BCUT2D eigenvalue weighted by atomic mass is 10.1. The molecule has 0 unspecified atom stereocenters. The molecule has 0 N–H and O–H groups in total. The van der Waals surface area contributed by atoms with Gasteiger partial charge in [0.25, 0.3) is 0 Å². The van der Waals surface area contributed by atoms with E-state index < -0.39 is 11.7 Å². The third-order valence-corrected chi connectivity index (χ3v) is 3.74. The first-order chi connectivity index (χ1) is 7.97. The fourth-order valence-electron chi connectivity index (χ4n) is 1.84. The van der Waals surface area contributed by atoms with Crippen molar-refractivity contribution >= 4 is 21.7 Å². The highest BCUT2D eigenvalue weighted by Crippen LogP contribution is 2.31. The third kappa shape index (κ3) is 3.12. The number of pyridine rings is 1. The zero-order chi connectivity index (χ0) is 12.5. The lowest BCUT2D eigenvalue weighted by Crippen LogP contribution is -2.34. The first-order valence-corrected chi connectivity index (χ1v) is 6.30. The van der Waals surface area contributed by atoms with Crippen LogP contribution >= 0.6 is 15.9 Å². The third-order valence-electron chi connectivity index (χ3n) is 2.82. The van der Waals surface area contributed by atoms with Crippen molar-refractivity contribution in [1.82, 2.24) is 4.98 Å². The van der Waals surface area contributed by atoms with Gasteiger partial charge in [0, 0.05) is 24.1 Å². The van der Waals surface area contributed by atoms with Crippen LogP contribution in [-0.2, 0) is 6.18 Å². The molecule has 0 saturated carbocycles. The molecule has 1 fully saturated rings. The van der Waals surface area contributed by atoms with Crippen molar-refractivity contribution in [3.05, 3.63) is 23.9 Å². The van der Waals surface area contributed by atoms with Crippen molar-refractivity contribution in [2.75, 3.05) is 18.0 Å². The fourth-order valence-corrected chi connectivity index (χ4v) is 2.25. The van der Waals surface area contributed by atoms with Crippen molar-refractivity contribution in [3.8, 4) is 0 Å². The lowest BCUT2D eigenvalue weighted by Gasteiger charge is -2.30. The van der Waals surface area contributed by atoms with Crippen LogP contribution in [0.3, 0.4) is 0 Å². The molecule has 0 radical (unpaired) electrons. The highest BCUT2D eigenvalue weighted by Gasteiger charge is 2.31. The molecule has 0 bridgehead atoms. The van der Waals surface area contributed by atoms with Gasteiger partial charge >= 0.3 is 6.18 Å². The number of hydrogen-bond acceptors (Lipinski definition) is 2. The van der Waals surface area contributed by atoms with E-state index in [2.05, 4.69) is 20.9 Å². The molecule has 6 heteroatoms. The standard InChI is InChI=1S/C11H12BrF3N2/c12-9-2-5-17(6-3-9)10-7-8(1-4-16-10)11(13,14)15/h1,4,7,9H,2-3,5-6H2. The first-order valence-electron chi connectivity index (χ1n) is 5.39. The maximum Gasteiger partial charge on any atom is 0.416 e. The maximum absolute atomic E-state index is 12.5. The summed E-state index contributed by atoms with van der Waals surface area (Å²) in [7, 11) is 0. The van der Waals surface area contributed by atoms with Crippen LogP contribution in [0.5, 0.6) is 0 Å². The fraction of sp³-hybridized carbons (Fsp3) is 0.545. The zero-order valence-electron chi connectivity index (χ0n) is 9.04. The summed E-state index contributed by atoms with van der Waals surface area (Å²) < 4.78 is 37.6. The lowest BCUT2D eigenvalue weighted by molar-refractivity contribution is -0.137. The van der Waals surface area contributed by atoms with Gasteiger partial charge < -0.3 is 4.90 Å². The topological polar surface area (TPSA) is 16.1 Å². The molecule has 94 valence electrons. The Labute approximate surface area is 106 Å². The maximum atomic E-state index is 12.5. The van der Waals surface area contributed by atoms with E-state index in [0.717, 1.165) is 38.1 Å². The Morgan fingerprint density at radius 1 is 1.29 bits per heavy atom. The molecule has 1 aromatic heterocycles. The van der Waals surface area contributed by atoms with Gasteiger partial charge in [-0.3, -0.25) is 0 Å². The van der Waals surface area contributed by atoms with Crippen molar-refractivity contribution < 1.29 is 13.2 Å². The Balaban J connectivity index is 2.16. The predicted octanol–water partition coefficient (Wildman–Crippen LogP) is 3.46. The molecule has 0 aliphatic carbocycles. The summed E-state index contributed by atoms with van der Waals surface area (Å²) in [5, 5.41) is 0. The number of nitrogens with zero attached hydrogens (tertiary/aromatic N) is 2. The van der Waals surface area contributed by atoms with Crippen LogP contribution in [0.2, 0.25) is 0 Å². The summed E-state index contributed by atoms with van der Waals surface area (Å²) in [6.45, 7) is 1.48. The van der Waals surface area contributed by atoms with Crippen molar-refractivity contribution in [2.24, 2.45) is 0 Å². The molecule has 1 aromatic rings. The quantitative estimate of drug-likeness (QED) is 0.739. The Morgan fingerprint density at radius 3 is 2.53 bits per heavy atom. The van der Waals surface area contributed by atoms with Gasteiger partial charge in [-0.1, -0.05) is 15.9 Å². The average Bonchev–Trinajstić information content (AvgIpc) is 2.29. The summed E-state index contributed by atoms with van der Waals surface area (Å²) in [6, 6.07) is 2.12.